The van der Waals surface area contributed by atoms with Crippen LogP contribution in [-0.4, -0.2) is 0 Å². The van der Waals surface area contributed by atoms with Crippen LogP contribution in [0.25, 0.3) is 0 Å². The van der Waals surface area contributed by atoms with Gasteiger partial charge in [-0.05, 0) is 49.1 Å². The molecule has 1 aromatic heterocycles. The number of hydrogen-bond acceptors (Lipinski definition) is 2. The van der Waals surface area contributed by atoms with Crippen LogP contribution in [0.2, 0.25) is 0 Å². The van der Waals surface area contributed by atoms with Crippen molar-refractivity contribution in [2.24, 2.45) is 5.73 Å². The zero-order valence-electron chi connectivity index (χ0n) is 11.4. The van der Waals surface area contributed by atoms with Crippen molar-refractivity contribution in [2.45, 2.75) is 39.7 Å². The van der Waals surface area contributed by atoms with Crippen LogP contribution in [0.15, 0.2) is 30.3 Å². The summed E-state index contributed by atoms with van der Waals surface area (Å²) in [4.78, 5) is 2.83. The summed E-state index contributed by atoms with van der Waals surface area (Å²) >= 11 is 1.89. The molecule has 2 rings (SSSR count). The molecule has 0 fully saturated rings. The Balaban J connectivity index is 2.19. The van der Waals surface area contributed by atoms with E-state index < -0.39 is 0 Å². The van der Waals surface area contributed by atoms with Gasteiger partial charge in [0.25, 0.3) is 0 Å². The van der Waals surface area contributed by atoms with Crippen LogP contribution in [-0.2, 0) is 12.8 Å². The Hall–Kier alpha value is -1.12. The number of hydrogen-bond donors (Lipinski definition) is 1. The number of rotatable bonds is 4. The van der Waals surface area contributed by atoms with Crippen LogP contribution >= 0.6 is 11.3 Å². The lowest BCUT2D eigenvalue weighted by Crippen LogP contribution is -2.15. The van der Waals surface area contributed by atoms with Gasteiger partial charge >= 0.3 is 0 Å². The lowest BCUT2D eigenvalue weighted by Gasteiger charge is -2.16. The van der Waals surface area contributed by atoms with E-state index in [4.69, 9.17) is 5.73 Å². The molecule has 0 aliphatic heterocycles. The fourth-order valence-corrected chi connectivity index (χ4v) is 3.47. The molecule has 0 radical (unpaired) electrons. The molecular formula is C16H21NS. The zero-order chi connectivity index (χ0) is 13.1. The third kappa shape index (κ3) is 2.82. The topological polar surface area (TPSA) is 26.0 Å². The maximum absolute atomic E-state index is 6.39. The van der Waals surface area contributed by atoms with Gasteiger partial charge in [-0.3, -0.25) is 0 Å². The number of aryl methyl sites for hydroxylation is 3. The van der Waals surface area contributed by atoms with E-state index in [0.29, 0.717) is 0 Å². The van der Waals surface area contributed by atoms with E-state index in [1.165, 1.54) is 26.4 Å². The minimum atomic E-state index is 0.106. The zero-order valence-corrected chi connectivity index (χ0v) is 12.2. The summed E-state index contributed by atoms with van der Waals surface area (Å²) in [5.74, 6) is 0. The molecule has 1 atom stereocenters. The van der Waals surface area contributed by atoms with Gasteiger partial charge in [0.05, 0.1) is 0 Å². The van der Waals surface area contributed by atoms with Crippen LogP contribution in [0.4, 0.5) is 0 Å². The predicted octanol–water partition coefficient (Wildman–Crippen LogP) is 4.17. The molecule has 0 saturated heterocycles. The van der Waals surface area contributed by atoms with E-state index in [-0.39, 0.29) is 6.04 Å². The lowest BCUT2D eigenvalue weighted by atomic mass is 9.94. The molecule has 1 nitrogen and oxygen atoms in total. The quantitative estimate of drug-likeness (QED) is 0.876. The van der Waals surface area contributed by atoms with Crippen LogP contribution in [0.3, 0.4) is 0 Å². The molecule has 0 spiro atoms. The van der Waals surface area contributed by atoms with Crippen LogP contribution in [0.1, 0.15) is 39.4 Å². The van der Waals surface area contributed by atoms with Crippen molar-refractivity contribution in [1.29, 1.82) is 0 Å². The van der Waals surface area contributed by atoms with Gasteiger partial charge in [0, 0.05) is 22.2 Å². The van der Waals surface area contributed by atoms with Crippen molar-refractivity contribution < 1.29 is 0 Å². The molecule has 96 valence electrons. The van der Waals surface area contributed by atoms with Crippen molar-refractivity contribution in [3.05, 3.63) is 56.8 Å². The highest BCUT2D eigenvalue weighted by molar-refractivity contribution is 7.11. The van der Waals surface area contributed by atoms with Crippen molar-refractivity contribution in [2.75, 3.05) is 0 Å². The first kappa shape index (κ1) is 13.3. The van der Waals surface area contributed by atoms with E-state index >= 15 is 0 Å². The highest BCUT2D eigenvalue weighted by atomic mass is 32.1. The minimum Gasteiger partial charge on any atom is -0.324 e. The fraction of sp³-hybridized carbons (Fsp3) is 0.375. The van der Waals surface area contributed by atoms with Gasteiger partial charge in [0.15, 0.2) is 0 Å². The Morgan fingerprint density at radius 1 is 1.06 bits per heavy atom. The summed E-state index contributed by atoms with van der Waals surface area (Å²) in [6, 6.07) is 10.9. The first-order valence-corrected chi connectivity index (χ1v) is 7.32. The van der Waals surface area contributed by atoms with Crippen LogP contribution < -0.4 is 5.73 Å². The van der Waals surface area contributed by atoms with E-state index in [9.17, 15) is 0 Å². The Kier molecular flexibility index (Phi) is 4.20. The largest absolute Gasteiger partial charge is 0.324 e. The summed E-state index contributed by atoms with van der Waals surface area (Å²) < 4.78 is 0. The van der Waals surface area contributed by atoms with Crippen LogP contribution in [0.5, 0.6) is 0 Å². The van der Waals surface area contributed by atoms with Gasteiger partial charge in [-0.2, -0.15) is 0 Å². The second kappa shape index (κ2) is 5.68. The summed E-state index contributed by atoms with van der Waals surface area (Å²) in [5, 5.41) is 0. The molecule has 2 N–H and O–H groups in total. The molecular weight excluding hydrogens is 238 g/mol. The number of thiophene rings is 1. The Bertz CT molecular complexity index is 507. The smallest absolute Gasteiger partial charge is 0.0348 e. The molecule has 0 bridgehead atoms. The number of nitrogens with two attached hydrogens (primary N) is 1. The monoisotopic (exact) mass is 259 g/mol. The summed E-state index contributed by atoms with van der Waals surface area (Å²) in [7, 11) is 0. The highest BCUT2D eigenvalue weighted by Crippen LogP contribution is 2.26. The SMILES string of the molecule is CCc1ccc(CC(N)c2c(C)cccc2C)s1. The van der Waals surface area contributed by atoms with E-state index in [2.05, 4.69) is 51.1 Å². The molecule has 1 unspecified atom stereocenters. The van der Waals surface area contributed by atoms with Gasteiger partial charge in [0.1, 0.15) is 0 Å². The molecule has 0 aliphatic rings. The third-order valence-corrected chi connectivity index (χ3v) is 4.65. The molecule has 1 aromatic carbocycles. The van der Waals surface area contributed by atoms with Gasteiger partial charge in [-0.1, -0.05) is 25.1 Å². The van der Waals surface area contributed by atoms with E-state index in [1.807, 2.05) is 11.3 Å². The lowest BCUT2D eigenvalue weighted by molar-refractivity contribution is 0.719. The maximum atomic E-state index is 6.39. The average Bonchev–Trinajstić information content (AvgIpc) is 2.76. The molecule has 0 amide bonds. The summed E-state index contributed by atoms with van der Waals surface area (Å²) in [6.07, 6.45) is 2.06. The Morgan fingerprint density at radius 2 is 1.67 bits per heavy atom. The second-order valence-corrected chi connectivity index (χ2v) is 6.09. The Morgan fingerprint density at radius 3 is 2.22 bits per heavy atom. The fourth-order valence-electron chi connectivity index (χ4n) is 2.45. The second-order valence-electron chi connectivity index (χ2n) is 4.84. The van der Waals surface area contributed by atoms with Crippen molar-refractivity contribution in [3.63, 3.8) is 0 Å². The van der Waals surface area contributed by atoms with Gasteiger partial charge < -0.3 is 5.73 Å². The van der Waals surface area contributed by atoms with Crippen molar-refractivity contribution >= 4 is 11.3 Å². The molecule has 18 heavy (non-hydrogen) atoms. The van der Waals surface area contributed by atoms with Crippen molar-refractivity contribution in [3.8, 4) is 0 Å². The maximum Gasteiger partial charge on any atom is 0.0348 e. The highest BCUT2D eigenvalue weighted by Gasteiger charge is 2.13. The van der Waals surface area contributed by atoms with Gasteiger partial charge in [0.2, 0.25) is 0 Å². The van der Waals surface area contributed by atoms with Gasteiger partial charge in [-0.25, -0.2) is 0 Å². The molecule has 2 aromatic rings. The molecule has 2 heteroatoms. The van der Waals surface area contributed by atoms with Gasteiger partial charge in [-0.15, -0.1) is 11.3 Å². The van der Waals surface area contributed by atoms with Crippen LogP contribution in [0, 0.1) is 13.8 Å². The average molecular weight is 259 g/mol. The molecule has 1 heterocycles. The number of benzene rings is 1. The summed E-state index contributed by atoms with van der Waals surface area (Å²) in [6.45, 7) is 6.49. The van der Waals surface area contributed by atoms with E-state index in [0.717, 1.165) is 12.8 Å². The standard InChI is InChI=1S/C16H21NS/c1-4-13-8-9-14(18-13)10-15(17)16-11(2)6-5-7-12(16)3/h5-9,15H,4,10,17H2,1-3H3. The first-order chi connectivity index (χ1) is 8.61. The third-order valence-electron chi connectivity index (χ3n) is 3.40. The van der Waals surface area contributed by atoms with E-state index in [1.54, 1.807) is 0 Å². The molecule has 0 saturated carbocycles. The normalized spacial score (nSPS) is 12.7. The Labute approximate surface area is 114 Å². The first-order valence-electron chi connectivity index (χ1n) is 6.51. The van der Waals surface area contributed by atoms with Crippen molar-refractivity contribution in [1.82, 2.24) is 0 Å². The predicted molar refractivity (Wildman–Crippen MR) is 80.2 cm³/mol. The summed E-state index contributed by atoms with van der Waals surface area (Å²) in [5.41, 5.74) is 10.3. The minimum absolute atomic E-state index is 0.106. The molecule has 0 aliphatic carbocycles.